The molecule has 36 heavy (non-hydrogen) atoms. The summed E-state index contributed by atoms with van der Waals surface area (Å²) in [5.41, 5.74) is 0.302. The number of amides is 3. The molecule has 0 aliphatic rings. The van der Waals surface area contributed by atoms with Gasteiger partial charge in [-0.1, -0.05) is 24.3 Å². The van der Waals surface area contributed by atoms with Crippen molar-refractivity contribution in [2.45, 2.75) is 78.9 Å². The van der Waals surface area contributed by atoms with Gasteiger partial charge >= 0.3 is 12.2 Å². The van der Waals surface area contributed by atoms with E-state index >= 15 is 0 Å². The van der Waals surface area contributed by atoms with Gasteiger partial charge in [0.25, 0.3) is 5.91 Å². The highest BCUT2D eigenvalue weighted by Gasteiger charge is 2.31. The molecule has 0 saturated heterocycles. The summed E-state index contributed by atoms with van der Waals surface area (Å²) in [6.45, 7) is 12.4. The second-order valence-corrected chi connectivity index (χ2v) is 11.6. The lowest BCUT2D eigenvalue weighted by Crippen LogP contribution is -2.51. The molecule has 0 unspecified atom stereocenters. The molecule has 0 saturated carbocycles. The van der Waals surface area contributed by atoms with Gasteiger partial charge in [0, 0.05) is 10.1 Å². The highest BCUT2D eigenvalue weighted by atomic mass is 127. The normalized spacial score (nSPS) is 12.3. The van der Waals surface area contributed by atoms with Gasteiger partial charge in [0.1, 0.15) is 29.6 Å². The van der Waals surface area contributed by atoms with Crippen LogP contribution in [0.1, 0.15) is 59.6 Å². The van der Waals surface area contributed by atoms with Crippen molar-refractivity contribution in [1.29, 1.82) is 0 Å². The number of nitrogens with zero attached hydrogens (tertiary/aromatic N) is 1. The van der Waals surface area contributed by atoms with Gasteiger partial charge < -0.3 is 14.2 Å². The maximum Gasteiger partial charge on any atom is 0.414 e. The Labute approximate surface area is 226 Å². The van der Waals surface area contributed by atoms with Gasteiger partial charge in [-0.25, -0.2) is 9.59 Å². The highest BCUT2D eigenvalue weighted by Crippen LogP contribution is 2.19. The largest absolute Gasteiger partial charge is 0.489 e. The number of halogens is 1. The molecule has 0 aliphatic heterocycles. The van der Waals surface area contributed by atoms with Crippen molar-refractivity contribution in [3.8, 4) is 5.75 Å². The van der Waals surface area contributed by atoms with Crippen molar-refractivity contribution < 1.29 is 28.6 Å². The maximum atomic E-state index is 13.0. The molecule has 0 aromatic heterocycles. The van der Waals surface area contributed by atoms with E-state index in [0.29, 0.717) is 12.4 Å². The Bertz CT molecular complexity index is 1060. The van der Waals surface area contributed by atoms with Gasteiger partial charge in [-0.2, -0.15) is 0 Å². The van der Waals surface area contributed by atoms with Crippen molar-refractivity contribution in [2.75, 3.05) is 0 Å². The number of nitrogens with one attached hydrogen (secondary N) is 1. The number of imide groups is 1. The molecule has 3 amide bonds. The molecule has 0 fully saturated rings. The number of ether oxygens (including phenoxy) is 3. The Morgan fingerprint density at radius 3 is 2.08 bits per heavy atom. The van der Waals surface area contributed by atoms with Gasteiger partial charge in [0.15, 0.2) is 0 Å². The standard InChI is InChI=1S/C27H35IN2O6/c1-18(23(31)29-24(32)35-26(2,3)4)30(25(33)36-27(5,6)7)16-19-11-13-22(14-12-19)34-17-20-9-8-10-21(28)15-20/h8-15,18H,16-17H2,1-7H3,(H,29,31,32)/t18-/m0/s1. The van der Waals surface area contributed by atoms with E-state index in [9.17, 15) is 14.4 Å². The molecule has 0 aliphatic carbocycles. The van der Waals surface area contributed by atoms with Crippen LogP contribution in [0.2, 0.25) is 0 Å². The van der Waals surface area contributed by atoms with E-state index in [1.165, 1.54) is 11.8 Å². The van der Waals surface area contributed by atoms with Gasteiger partial charge in [-0.3, -0.25) is 15.0 Å². The fourth-order valence-electron chi connectivity index (χ4n) is 3.01. The van der Waals surface area contributed by atoms with E-state index in [4.69, 9.17) is 14.2 Å². The zero-order valence-electron chi connectivity index (χ0n) is 21.9. The number of rotatable bonds is 7. The van der Waals surface area contributed by atoms with Crippen LogP contribution in [0.15, 0.2) is 48.5 Å². The molecule has 0 radical (unpaired) electrons. The second-order valence-electron chi connectivity index (χ2n) is 10.3. The Morgan fingerprint density at radius 1 is 0.917 bits per heavy atom. The summed E-state index contributed by atoms with van der Waals surface area (Å²) in [5.74, 6) is 0.00435. The minimum Gasteiger partial charge on any atom is -0.489 e. The van der Waals surface area contributed by atoms with Crippen LogP contribution in [0.3, 0.4) is 0 Å². The molecular weight excluding hydrogens is 575 g/mol. The van der Waals surface area contributed by atoms with Crippen LogP contribution in [0.4, 0.5) is 9.59 Å². The highest BCUT2D eigenvalue weighted by molar-refractivity contribution is 14.1. The zero-order valence-corrected chi connectivity index (χ0v) is 24.0. The SMILES string of the molecule is C[C@@H](C(=O)NC(=O)OC(C)(C)C)N(Cc1ccc(OCc2cccc(I)c2)cc1)C(=O)OC(C)(C)C. The summed E-state index contributed by atoms with van der Waals surface area (Å²) in [7, 11) is 0. The van der Waals surface area contributed by atoms with Gasteiger partial charge in [-0.15, -0.1) is 0 Å². The molecule has 9 heteroatoms. The van der Waals surface area contributed by atoms with Gasteiger partial charge in [0.2, 0.25) is 0 Å². The quantitative estimate of drug-likeness (QED) is 0.384. The van der Waals surface area contributed by atoms with Crippen molar-refractivity contribution in [3.05, 3.63) is 63.2 Å². The molecule has 0 spiro atoms. The van der Waals surface area contributed by atoms with Crippen LogP contribution in [0, 0.1) is 3.57 Å². The summed E-state index contributed by atoms with van der Waals surface area (Å²) < 4.78 is 17.7. The summed E-state index contributed by atoms with van der Waals surface area (Å²) in [5, 5.41) is 2.20. The molecule has 2 rings (SSSR count). The van der Waals surface area contributed by atoms with Crippen LogP contribution >= 0.6 is 22.6 Å². The van der Waals surface area contributed by atoms with Crippen molar-refractivity contribution in [3.63, 3.8) is 0 Å². The maximum absolute atomic E-state index is 13.0. The first kappa shape index (κ1) is 29.4. The summed E-state index contributed by atoms with van der Waals surface area (Å²) in [6, 6.07) is 14.3. The number of alkyl carbamates (subject to hydrolysis) is 1. The van der Waals surface area contributed by atoms with Crippen LogP contribution in [0.5, 0.6) is 5.75 Å². The summed E-state index contributed by atoms with van der Waals surface area (Å²) in [4.78, 5) is 39.1. The third-order valence-electron chi connectivity index (χ3n) is 4.67. The Kier molecular flexibility index (Phi) is 10.2. The predicted molar refractivity (Wildman–Crippen MR) is 146 cm³/mol. The predicted octanol–water partition coefficient (Wildman–Crippen LogP) is 6.05. The Balaban J connectivity index is 2.11. The molecule has 8 nitrogen and oxygen atoms in total. The van der Waals surface area contributed by atoms with Crippen molar-refractivity contribution in [1.82, 2.24) is 10.2 Å². The first-order chi connectivity index (χ1) is 16.6. The van der Waals surface area contributed by atoms with Crippen molar-refractivity contribution in [2.24, 2.45) is 0 Å². The number of benzene rings is 2. The Morgan fingerprint density at radius 2 is 1.53 bits per heavy atom. The number of carbonyl (C=O) groups excluding carboxylic acids is 3. The molecule has 196 valence electrons. The summed E-state index contributed by atoms with van der Waals surface area (Å²) >= 11 is 2.26. The van der Waals surface area contributed by atoms with E-state index in [-0.39, 0.29) is 6.54 Å². The molecule has 0 bridgehead atoms. The molecule has 1 atom stereocenters. The lowest BCUT2D eigenvalue weighted by atomic mass is 10.1. The van der Waals surface area contributed by atoms with E-state index in [2.05, 4.69) is 34.0 Å². The van der Waals surface area contributed by atoms with Crippen molar-refractivity contribution >= 4 is 40.7 Å². The van der Waals surface area contributed by atoms with E-state index in [1.807, 2.05) is 42.5 Å². The first-order valence-corrected chi connectivity index (χ1v) is 12.7. The minimum atomic E-state index is -0.996. The topological polar surface area (TPSA) is 94.2 Å². The molecule has 2 aromatic rings. The van der Waals surface area contributed by atoms with E-state index < -0.39 is 35.3 Å². The zero-order chi connectivity index (χ0) is 27.1. The average Bonchev–Trinajstić information content (AvgIpc) is 2.73. The van der Waals surface area contributed by atoms with Crippen LogP contribution < -0.4 is 10.1 Å². The summed E-state index contributed by atoms with van der Waals surface area (Å²) in [6.07, 6.45) is -1.55. The third-order valence-corrected chi connectivity index (χ3v) is 5.34. The molecule has 0 heterocycles. The number of hydrogen-bond donors (Lipinski definition) is 1. The average molecular weight is 610 g/mol. The fourth-order valence-corrected chi connectivity index (χ4v) is 3.62. The monoisotopic (exact) mass is 610 g/mol. The second kappa shape index (κ2) is 12.4. The fraction of sp³-hybridized carbons (Fsp3) is 0.444. The first-order valence-electron chi connectivity index (χ1n) is 11.6. The molecular formula is C27H35IN2O6. The lowest BCUT2D eigenvalue weighted by molar-refractivity contribution is -0.125. The van der Waals surface area contributed by atoms with Crippen LogP contribution in [0.25, 0.3) is 0 Å². The third kappa shape index (κ3) is 10.4. The molecule has 2 aromatic carbocycles. The van der Waals surface area contributed by atoms with Gasteiger partial charge in [0.05, 0.1) is 0 Å². The number of hydrogen-bond acceptors (Lipinski definition) is 6. The van der Waals surface area contributed by atoms with E-state index in [1.54, 1.807) is 41.5 Å². The molecule has 1 N–H and O–H groups in total. The lowest BCUT2D eigenvalue weighted by Gasteiger charge is -2.31. The van der Waals surface area contributed by atoms with Crippen LogP contribution in [-0.4, -0.2) is 40.2 Å². The van der Waals surface area contributed by atoms with Gasteiger partial charge in [-0.05, 0) is 106 Å². The minimum absolute atomic E-state index is 0.0922. The smallest absolute Gasteiger partial charge is 0.414 e. The number of carbonyl (C=O) groups is 3. The van der Waals surface area contributed by atoms with E-state index in [0.717, 1.165) is 14.7 Å². The van der Waals surface area contributed by atoms with Crippen LogP contribution in [-0.2, 0) is 27.4 Å². The Hall–Kier alpha value is -2.82.